The lowest BCUT2D eigenvalue weighted by molar-refractivity contribution is -0.150. The molecule has 10 aromatic rings. The van der Waals surface area contributed by atoms with Gasteiger partial charge in [0.2, 0.25) is 0 Å². The number of hydrogen-bond acceptors (Lipinski definition) is 13. The first kappa shape index (κ1) is 79.1. The summed E-state index contributed by atoms with van der Waals surface area (Å²) in [6.07, 6.45) is 0.838. The zero-order valence-electron chi connectivity index (χ0n) is 59.1. The number of fused-ring (bicyclic) bond motifs is 2. The summed E-state index contributed by atoms with van der Waals surface area (Å²) in [4.78, 5) is 61.4. The SMILES string of the molecule is C=C(C)C(=O)OC(C)c1ccccc1.C=C(C)C(=O)OC(c1ccccc1)c1ccccc1.C=C(C)C(=O)OC1(C)c2ccccc2Cc2ccccc21.C=C(C)C(=O)OC1Cc2cccc3cccc1c23.C=C(C)C(=O)OCCS(=O)(=O)[O-].c1ccc([S+](c2ccccc2)c2ccccc2)cc1. The number of hydrogen-bond donors (Lipinski definition) is 0. The lowest BCUT2D eigenvalue weighted by atomic mass is 9.75. The highest BCUT2D eigenvalue weighted by atomic mass is 32.2. The molecule has 0 aliphatic heterocycles. The Labute approximate surface area is 608 Å². The maximum Gasteiger partial charge on any atom is 0.334 e. The molecule has 528 valence electrons. The average molecular weight is 1420 g/mol. The van der Waals surface area contributed by atoms with Gasteiger partial charge in [0.15, 0.2) is 26.4 Å². The van der Waals surface area contributed by atoms with Gasteiger partial charge in [-0.2, -0.15) is 0 Å². The maximum absolute atomic E-state index is 12.1. The Bertz CT molecular complexity index is 4510. The standard InChI is InChI=1S/C19H18O2.C18H15S.C17H16O2.C16H14O2.C12H14O2.C6H10O5S/c1-13(2)18(20)21-19(3)16-10-6-4-8-14(16)12-15-9-5-7-11-17(15)19;1-4-10-16(11-5-1)19(17-12-6-2-7-13-17)18-14-8-3-9-15-18;1-13(2)17(18)19-16(14-9-5-3-6-10-14)15-11-7-4-8-12-15;1-10(2)16(17)18-14-9-12-7-3-5-11-6-4-8-13(14)15(11)12;1-9(2)12(13)14-10(3)11-7-5-4-6-8-11;1-5(2)6(7)11-3-4-12(8,9)10/h4-11H,1,12H2,2-3H3;1-15H;3-12,16H,1H2,2H3;3-8,14H,1,9H2,2H3;4-8,10H,1H2,2-3H3;1,3-4H2,2H3,(H,8,9,10)/q;+1;;;;/p-1. The lowest BCUT2D eigenvalue weighted by Crippen LogP contribution is -2.35. The van der Waals surface area contributed by atoms with Gasteiger partial charge in [0.25, 0.3) is 0 Å². The third-order valence-electron chi connectivity index (χ3n) is 16.0. The highest BCUT2D eigenvalue weighted by Crippen LogP contribution is 2.43. The van der Waals surface area contributed by atoms with E-state index in [1.54, 1.807) is 27.7 Å². The van der Waals surface area contributed by atoms with Crippen molar-refractivity contribution in [2.75, 3.05) is 12.4 Å². The quantitative estimate of drug-likeness (QED) is 0.0260. The molecule has 0 saturated carbocycles. The van der Waals surface area contributed by atoms with Gasteiger partial charge in [-0.1, -0.05) is 263 Å². The van der Waals surface area contributed by atoms with E-state index >= 15 is 0 Å². The number of esters is 5. The van der Waals surface area contributed by atoms with Crippen molar-refractivity contribution < 1.29 is 60.6 Å². The molecule has 10 aromatic carbocycles. The van der Waals surface area contributed by atoms with Crippen LogP contribution in [0, 0.1) is 0 Å². The number of ether oxygens (including phenoxy) is 5. The van der Waals surface area contributed by atoms with Crippen LogP contribution < -0.4 is 0 Å². The van der Waals surface area contributed by atoms with E-state index in [2.05, 4.69) is 159 Å². The van der Waals surface area contributed by atoms with Crippen molar-refractivity contribution in [3.05, 3.63) is 378 Å². The van der Waals surface area contributed by atoms with Crippen molar-refractivity contribution in [2.45, 2.75) is 99.9 Å². The predicted octanol–water partition coefficient (Wildman–Crippen LogP) is 18.7. The number of rotatable bonds is 18. The van der Waals surface area contributed by atoms with E-state index in [1.165, 1.54) is 49.1 Å². The first-order valence-electron chi connectivity index (χ1n) is 33.2. The van der Waals surface area contributed by atoms with E-state index in [4.69, 9.17) is 18.9 Å². The second-order valence-corrected chi connectivity index (χ2v) is 28.0. The average Bonchev–Trinajstić information content (AvgIpc) is 0.840. The van der Waals surface area contributed by atoms with Crippen LogP contribution in [0.1, 0.15) is 117 Å². The van der Waals surface area contributed by atoms with Crippen molar-refractivity contribution in [1.29, 1.82) is 0 Å². The minimum atomic E-state index is -4.30. The molecule has 2 unspecified atom stereocenters. The molecule has 2 aliphatic carbocycles. The molecule has 12 rings (SSSR count). The molecular weight excluding hydrogens is 1330 g/mol. The van der Waals surface area contributed by atoms with Crippen molar-refractivity contribution >= 4 is 61.6 Å². The summed E-state index contributed by atoms with van der Waals surface area (Å²) in [5, 5.41) is 2.44. The molecule has 2 aliphatic rings. The largest absolute Gasteiger partial charge is 0.748 e. The van der Waals surface area contributed by atoms with E-state index in [-0.39, 0.29) is 52.6 Å². The van der Waals surface area contributed by atoms with Crippen LogP contribution in [0.2, 0.25) is 0 Å². The summed E-state index contributed by atoms with van der Waals surface area (Å²) in [6, 6.07) is 89.8. The van der Waals surface area contributed by atoms with Gasteiger partial charge in [-0.3, -0.25) is 0 Å². The van der Waals surface area contributed by atoms with Gasteiger partial charge in [-0.25, -0.2) is 32.4 Å². The highest BCUT2D eigenvalue weighted by Gasteiger charge is 2.40. The van der Waals surface area contributed by atoms with Crippen LogP contribution in [0.4, 0.5) is 0 Å². The highest BCUT2D eigenvalue weighted by molar-refractivity contribution is 7.97. The molecule has 15 heteroatoms. The van der Waals surface area contributed by atoms with Crippen molar-refractivity contribution in [2.24, 2.45) is 0 Å². The number of carbonyl (C=O) groups excluding carboxylic acids is 5. The Hall–Kier alpha value is -11.2. The van der Waals surface area contributed by atoms with Crippen molar-refractivity contribution in [1.82, 2.24) is 0 Å². The molecule has 0 fully saturated rings. The molecule has 103 heavy (non-hydrogen) atoms. The van der Waals surface area contributed by atoms with E-state index in [1.807, 2.05) is 159 Å². The zero-order chi connectivity index (χ0) is 74.6. The molecule has 0 spiro atoms. The van der Waals surface area contributed by atoms with E-state index in [0.717, 1.165) is 46.2 Å². The van der Waals surface area contributed by atoms with Crippen molar-refractivity contribution in [3.63, 3.8) is 0 Å². The van der Waals surface area contributed by atoms with E-state index in [0.29, 0.717) is 22.3 Å². The summed E-state index contributed by atoms with van der Waals surface area (Å²) in [5.41, 5.74) is 10.8. The number of carbonyl (C=O) groups is 5. The summed E-state index contributed by atoms with van der Waals surface area (Å²) in [5.74, 6) is -2.79. The molecule has 0 saturated heterocycles. The Morgan fingerprint density at radius 2 is 0.825 bits per heavy atom. The second kappa shape index (κ2) is 38.5. The molecule has 0 aromatic heterocycles. The molecule has 0 bridgehead atoms. The minimum absolute atomic E-state index is 0.0146. The Balaban J connectivity index is 0.000000175. The van der Waals surface area contributed by atoms with Crippen LogP contribution in [0.25, 0.3) is 10.8 Å². The summed E-state index contributed by atoms with van der Waals surface area (Å²) in [7, 11) is -4.32. The van der Waals surface area contributed by atoms with Crippen LogP contribution in [0.5, 0.6) is 0 Å². The summed E-state index contributed by atoms with van der Waals surface area (Å²) < 4.78 is 56.5. The molecule has 0 heterocycles. The third-order valence-corrected chi connectivity index (χ3v) is 18.9. The third kappa shape index (κ3) is 23.4. The van der Waals surface area contributed by atoms with Crippen LogP contribution in [0.3, 0.4) is 0 Å². The van der Waals surface area contributed by atoms with Crippen LogP contribution in [-0.4, -0.2) is 55.2 Å². The summed E-state index contributed by atoms with van der Waals surface area (Å²) in [6.45, 7) is 29.2. The fourth-order valence-corrected chi connectivity index (χ4v) is 13.2. The topological polar surface area (TPSA) is 189 Å². The van der Waals surface area contributed by atoms with Gasteiger partial charge in [0.05, 0.1) is 26.8 Å². The van der Waals surface area contributed by atoms with Crippen molar-refractivity contribution in [3.8, 4) is 0 Å². The fraction of sp³-hybridized carbons (Fsp3) is 0.170. The Kier molecular flexibility index (Phi) is 29.6. The van der Waals surface area contributed by atoms with Gasteiger partial charge in [-0.05, 0) is 135 Å². The lowest BCUT2D eigenvalue weighted by Gasteiger charge is -2.37. The Morgan fingerprint density at radius 1 is 0.456 bits per heavy atom. The zero-order valence-corrected chi connectivity index (χ0v) is 60.8. The first-order valence-corrected chi connectivity index (χ1v) is 36.0. The number of benzene rings is 10. The molecule has 0 N–H and O–H groups in total. The molecular formula is C88H86O13S2. The normalized spacial score (nSPS) is 12.7. The minimum Gasteiger partial charge on any atom is -0.748 e. The van der Waals surface area contributed by atoms with Gasteiger partial charge < -0.3 is 28.2 Å². The molecule has 0 radical (unpaired) electrons. The molecule has 0 amide bonds. The van der Waals surface area contributed by atoms with Gasteiger partial charge >= 0.3 is 29.8 Å². The van der Waals surface area contributed by atoms with E-state index in [9.17, 15) is 36.9 Å². The first-order chi connectivity index (χ1) is 49.3. The van der Waals surface area contributed by atoms with E-state index < -0.39 is 40.2 Å². The van der Waals surface area contributed by atoms with Crippen LogP contribution in [0.15, 0.2) is 342 Å². The monoisotopic (exact) mass is 1410 g/mol. The second-order valence-electron chi connectivity index (χ2n) is 24.5. The smallest absolute Gasteiger partial charge is 0.334 e. The molecule has 2 atom stereocenters. The van der Waals surface area contributed by atoms with Gasteiger partial charge in [0, 0.05) is 51.0 Å². The van der Waals surface area contributed by atoms with Gasteiger partial charge in [-0.15, -0.1) is 0 Å². The predicted molar refractivity (Wildman–Crippen MR) is 408 cm³/mol. The van der Waals surface area contributed by atoms with Crippen LogP contribution in [-0.2, 0) is 87.1 Å². The summed E-state index contributed by atoms with van der Waals surface area (Å²) >= 11 is 0. The Morgan fingerprint density at radius 3 is 1.24 bits per heavy atom. The van der Waals surface area contributed by atoms with Gasteiger partial charge in [0.1, 0.15) is 18.8 Å². The molecule has 13 nitrogen and oxygen atoms in total. The fourth-order valence-electron chi connectivity index (χ4n) is 10.8. The maximum atomic E-state index is 12.1. The van der Waals surface area contributed by atoms with Crippen LogP contribution >= 0.6 is 0 Å².